The molecule has 3 heterocycles. The smallest absolute Gasteiger partial charge is 0.251 e. The SMILES string of the molecule is O=C(N[C@@H](CO)C(=O)N[C@H]1CCc2cccc3c2N(C1=O)[C@H](C(=O)NCC1CNNN1)C3)c1ccccc1. The van der Waals surface area contributed by atoms with Crippen LogP contribution in [0.5, 0.6) is 0 Å². The molecule has 4 amide bonds. The summed E-state index contributed by atoms with van der Waals surface area (Å²) in [6, 6.07) is 11.2. The minimum atomic E-state index is -1.24. The maximum absolute atomic E-state index is 13.8. The lowest BCUT2D eigenvalue weighted by molar-refractivity contribution is -0.130. The number of benzene rings is 2. The van der Waals surface area contributed by atoms with Gasteiger partial charge >= 0.3 is 0 Å². The molecule has 3 aliphatic rings. The van der Waals surface area contributed by atoms with Crippen LogP contribution in [-0.2, 0) is 27.2 Å². The van der Waals surface area contributed by atoms with Crippen LogP contribution in [0.15, 0.2) is 48.5 Å². The van der Waals surface area contributed by atoms with Crippen molar-refractivity contribution in [3.63, 3.8) is 0 Å². The first kappa shape index (κ1) is 25.8. The fourth-order valence-electron chi connectivity index (χ4n) is 5.12. The molecule has 0 radical (unpaired) electrons. The summed E-state index contributed by atoms with van der Waals surface area (Å²) in [6.07, 6.45) is 1.22. The highest BCUT2D eigenvalue weighted by atomic mass is 16.3. The molecule has 0 aliphatic carbocycles. The Morgan fingerprint density at radius 1 is 1.08 bits per heavy atom. The Hall–Kier alpha value is -3.84. The quantitative estimate of drug-likeness (QED) is 0.215. The molecule has 38 heavy (non-hydrogen) atoms. The standard InChI is InChI=1S/C26H31N7O5/c34-14-20(30-23(35)16-5-2-1-3-6-16)24(36)29-19-10-9-15-7-4-8-17-11-21(33(22(15)17)26(19)38)25(37)27-12-18-13-28-32-31-18/h1-8,18-21,28,31-32,34H,9-14H2,(H,27,37)(H,29,36)(H,30,35)/t18?,19-,20-,21-/m0/s1. The number of hydrazine groups is 2. The molecule has 0 saturated carbocycles. The van der Waals surface area contributed by atoms with E-state index in [0.29, 0.717) is 37.9 Å². The molecule has 4 atom stereocenters. The van der Waals surface area contributed by atoms with E-state index in [0.717, 1.165) is 16.8 Å². The summed E-state index contributed by atoms with van der Waals surface area (Å²) in [5, 5.41) is 18.0. The zero-order chi connectivity index (χ0) is 26.6. The van der Waals surface area contributed by atoms with Gasteiger partial charge in [-0.1, -0.05) is 36.4 Å². The molecule has 1 fully saturated rings. The zero-order valence-electron chi connectivity index (χ0n) is 20.7. The first-order valence-electron chi connectivity index (χ1n) is 12.7. The number of nitrogens with zero attached hydrogens (tertiary/aromatic N) is 1. The molecule has 1 saturated heterocycles. The molecule has 12 nitrogen and oxygen atoms in total. The average Bonchev–Trinajstić information content (AvgIpc) is 3.58. The number of amides is 4. The van der Waals surface area contributed by atoms with Crippen LogP contribution in [0, 0.1) is 0 Å². The Morgan fingerprint density at radius 2 is 1.87 bits per heavy atom. The number of carbonyl (C=O) groups is 4. The third-order valence-electron chi connectivity index (χ3n) is 7.10. The molecule has 200 valence electrons. The van der Waals surface area contributed by atoms with Crippen molar-refractivity contribution >= 4 is 29.3 Å². The molecular weight excluding hydrogens is 490 g/mol. The minimum Gasteiger partial charge on any atom is -0.394 e. The number of para-hydroxylation sites is 1. The van der Waals surface area contributed by atoms with Crippen LogP contribution in [0.25, 0.3) is 0 Å². The van der Waals surface area contributed by atoms with Gasteiger partial charge in [-0.2, -0.15) is 5.53 Å². The van der Waals surface area contributed by atoms with Gasteiger partial charge in [0.25, 0.3) is 5.91 Å². The highest BCUT2D eigenvalue weighted by Crippen LogP contribution is 2.39. The zero-order valence-corrected chi connectivity index (χ0v) is 20.7. The van der Waals surface area contributed by atoms with Gasteiger partial charge in [0.15, 0.2) is 0 Å². The fraction of sp³-hybridized carbons (Fsp3) is 0.385. The lowest BCUT2D eigenvalue weighted by atomic mass is 10.0. The fourth-order valence-corrected chi connectivity index (χ4v) is 5.12. The molecule has 2 aromatic carbocycles. The molecule has 3 aliphatic heterocycles. The van der Waals surface area contributed by atoms with Crippen molar-refractivity contribution in [2.45, 2.75) is 43.4 Å². The van der Waals surface area contributed by atoms with Gasteiger partial charge in [0.05, 0.1) is 18.3 Å². The first-order chi connectivity index (χ1) is 18.5. The molecule has 7 N–H and O–H groups in total. The number of aliphatic hydroxyl groups excluding tert-OH is 1. The molecule has 0 spiro atoms. The molecule has 12 heteroatoms. The molecular formula is C26H31N7O5. The van der Waals surface area contributed by atoms with Gasteiger partial charge in [0.2, 0.25) is 17.7 Å². The van der Waals surface area contributed by atoms with E-state index in [1.807, 2.05) is 18.2 Å². The summed E-state index contributed by atoms with van der Waals surface area (Å²) in [5.41, 5.74) is 11.6. The summed E-state index contributed by atoms with van der Waals surface area (Å²) < 4.78 is 0. The number of anilines is 1. The van der Waals surface area contributed by atoms with E-state index in [4.69, 9.17) is 0 Å². The average molecular weight is 522 g/mol. The van der Waals surface area contributed by atoms with E-state index < -0.39 is 42.5 Å². The molecule has 0 bridgehead atoms. The molecule has 0 aromatic heterocycles. The summed E-state index contributed by atoms with van der Waals surface area (Å²) in [5.74, 6) is -1.85. The first-order valence-corrected chi connectivity index (χ1v) is 12.7. The Morgan fingerprint density at radius 3 is 2.61 bits per heavy atom. The van der Waals surface area contributed by atoms with Crippen molar-refractivity contribution in [2.75, 3.05) is 24.6 Å². The van der Waals surface area contributed by atoms with Crippen molar-refractivity contribution in [1.29, 1.82) is 0 Å². The second kappa shape index (κ2) is 11.3. The number of hydrogen-bond donors (Lipinski definition) is 7. The van der Waals surface area contributed by atoms with E-state index in [1.54, 1.807) is 30.3 Å². The molecule has 1 unspecified atom stereocenters. The number of hydrogen-bond acceptors (Lipinski definition) is 8. The third kappa shape index (κ3) is 5.24. The predicted molar refractivity (Wildman–Crippen MR) is 138 cm³/mol. The summed E-state index contributed by atoms with van der Waals surface area (Å²) in [6.45, 7) is 0.377. The van der Waals surface area contributed by atoms with Gasteiger partial charge in [-0.25, -0.2) is 10.9 Å². The van der Waals surface area contributed by atoms with Crippen LogP contribution < -0.4 is 37.2 Å². The Bertz CT molecular complexity index is 1220. The molecule has 5 rings (SSSR count). The minimum absolute atomic E-state index is 0.00618. The Balaban J connectivity index is 1.30. The van der Waals surface area contributed by atoms with Crippen LogP contribution in [0.1, 0.15) is 27.9 Å². The van der Waals surface area contributed by atoms with Crippen LogP contribution in [-0.4, -0.2) is 72.6 Å². The lowest BCUT2D eigenvalue weighted by Gasteiger charge is -2.29. The highest BCUT2D eigenvalue weighted by molar-refractivity contribution is 6.08. The van der Waals surface area contributed by atoms with Crippen molar-refractivity contribution in [3.8, 4) is 0 Å². The number of aliphatic hydroxyl groups is 1. The number of aryl methyl sites for hydroxylation is 1. The van der Waals surface area contributed by atoms with Gasteiger partial charge in [0.1, 0.15) is 18.1 Å². The highest BCUT2D eigenvalue weighted by Gasteiger charge is 2.44. The summed E-state index contributed by atoms with van der Waals surface area (Å²) in [4.78, 5) is 54.1. The van der Waals surface area contributed by atoms with E-state index in [2.05, 4.69) is 32.3 Å². The van der Waals surface area contributed by atoms with Crippen LogP contribution in [0.4, 0.5) is 5.69 Å². The summed E-state index contributed by atoms with van der Waals surface area (Å²) in [7, 11) is 0. The maximum Gasteiger partial charge on any atom is 0.251 e. The van der Waals surface area contributed by atoms with Gasteiger partial charge in [0, 0.05) is 25.1 Å². The molecule has 2 aromatic rings. The van der Waals surface area contributed by atoms with E-state index >= 15 is 0 Å². The van der Waals surface area contributed by atoms with Crippen molar-refractivity contribution in [3.05, 3.63) is 65.2 Å². The van der Waals surface area contributed by atoms with Crippen molar-refractivity contribution in [2.24, 2.45) is 0 Å². The van der Waals surface area contributed by atoms with Crippen LogP contribution in [0.3, 0.4) is 0 Å². The van der Waals surface area contributed by atoms with Crippen molar-refractivity contribution in [1.82, 2.24) is 32.3 Å². The maximum atomic E-state index is 13.8. The largest absolute Gasteiger partial charge is 0.394 e. The Kier molecular flexibility index (Phi) is 7.65. The van der Waals surface area contributed by atoms with Crippen LogP contribution >= 0.6 is 0 Å². The number of rotatable bonds is 8. The monoisotopic (exact) mass is 521 g/mol. The summed E-state index contributed by atoms with van der Waals surface area (Å²) >= 11 is 0. The second-order valence-corrected chi connectivity index (χ2v) is 9.62. The van der Waals surface area contributed by atoms with Gasteiger partial charge < -0.3 is 21.1 Å². The van der Waals surface area contributed by atoms with E-state index in [1.165, 1.54) is 4.90 Å². The third-order valence-corrected chi connectivity index (χ3v) is 7.10. The lowest BCUT2D eigenvalue weighted by Crippen LogP contribution is -2.58. The Labute approximate surface area is 219 Å². The number of nitrogens with one attached hydrogen (secondary N) is 6. The van der Waals surface area contributed by atoms with Crippen LogP contribution in [0.2, 0.25) is 0 Å². The predicted octanol–water partition coefficient (Wildman–Crippen LogP) is -1.74. The second-order valence-electron chi connectivity index (χ2n) is 9.62. The normalized spacial score (nSPS) is 22.8. The van der Waals surface area contributed by atoms with Gasteiger partial charge in [-0.05, 0) is 36.1 Å². The number of carbonyl (C=O) groups excluding carboxylic acids is 4. The topological polar surface area (TPSA) is 164 Å². The van der Waals surface area contributed by atoms with E-state index in [9.17, 15) is 24.3 Å². The van der Waals surface area contributed by atoms with Gasteiger partial charge in [-0.15, -0.1) is 0 Å². The van der Waals surface area contributed by atoms with E-state index in [-0.39, 0.29) is 11.9 Å². The van der Waals surface area contributed by atoms with Crippen molar-refractivity contribution < 1.29 is 24.3 Å². The van der Waals surface area contributed by atoms with Gasteiger partial charge in [-0.3, -0.25) is 24.1 Å².